The highest BCUT2D eigenvalue weighted by Crippen LogP contribution is 2.23. The van der Waals surface area contributed by atoms with Gasteiger partial charge in [0, 0.05) is 28.9 Å². The monoisotopic (exact) mass is 408 g/mol. The van der Waals surface area contributed by atoms with Crippen LogP contribution in [0.15, 0.2) is 58.7 Å². The highest BCUT2D eigenvalue weighted by Gasteiger charge is 2.14. The minimum atomic E-state index is -0.419. The number of esters is 1. The average molecular weight is 408 g/mol. The molecule has 4 aromatic rings. The first-order chi connectivity index (χ1) is 14.2. The topological polar surface area (TPSA) is 100 Å². The van der Waals surface area contributed by atoms with E-state index in [4.69, 9.17) is 14.0 Å². The van der Waals surface area contributed by atoms with Gasteiger partial charge in [0.25, 0.3) is 5.89 Å². The smallest absolute Gasteiger partial charge is 0.312 e. The molecule has 0 bridgehead atoms. The first kappa shape index (κ1) is 18.8. The number of hydrogen-bond acceptors (Lipinski definition) is 9. The fraction of sp³-hybridized carbons (Fsp3) is 0.150. The van der Waals surface area contributed by atoms with Crippen molar-refractivity contribution in [3.63, 3.8) is 0 Å². The number of carbonyl (C=O) groups is 1. The number of thiazole rings is 1. The molecule has 0 aliphatic rings. The maximum Gasteiger partial charge on any atom is 0.312 e. The van der Waals surface area contributed by atoms with E-state index in [0.29, 0.717) is 11.5 Å². The minimum absolute atomic E-state index is 0.0657. The zero-order valence-corrected chi connectivity index (χ0v) is 16.3. The maximum absolute atomic E-state index is 12.1. The van der Waals surface area contributed by atoms with Crippen molar-refractivity contribution < 1.29 is 18.8 Å². The van der Waals surface area contributed by atoms with Gasteiger partial charge in [-0.05, 0) is 36.4 Å². The predicted octanol–water partition coefficient (Wildman–Crippen LogP) is 3.55. The van der Waals surface area contributed by atoms with Crippen molar-refractivity contribution in [2.75, 3.05) is 7.11 Å². The summed E-state index contributed by atoms with van der Waals surface area (Å²) in [5.41, 5.74) is 2.33. The van der Waals surface area contributed by atoms with Gasteiger partial charge in [0.05, 0.1) is 19.2 Å². The molecule has 0 amide bonds. The molecule has 0 aliphatic carbocycles. The van der Waals surface area contributed by atoms with Gasteiger partial charge in [0.2, 0.25) is 5.82 Å². The number of rotatable bonds is 7. The van der Waals surface area contributed by atoms with E-state index in [1.165, 1.54) is 11.3 Å². The highest BCUT2D eigenvalue weighted by atomic mass is 32.1. The van der Waals surface area contributed by atoms with Gasteiger partial charge in [-0.25, -0.2) is 4.98 Å². The summed E-state index contributed by atoms with van der Waals surface area (Å²) >= 11 is 1.45. The number of hydrogen-bond donors (Lipinski definition) is 0. The summed E-state index contributed by atoms with van der Waals surface area (Å²) in [5, 5.41) is 6.54. The quantitative estimate of drug-likeness (QED) is 0.428. The Morgan fingerprint density at radius 1 is 1.14 bits per heavy atom. The lowest BCUT2D eigenvalue weighted by atomic mass is 10.2. The number of nitrogens with zero attached hydrogens (tertiary/aromatic N) is 4. The van der Waals surface area contributed by atoms with E-state index >= 15 is 0 Å². The fourth-order valence-corrected chi connectivity index (χ4v) is 3.33. The molecule has 0 unspecified atom stereocenters. The van der Waals surface area contributed by atoms with Crippen LogP contribution in [0, 0.1) is 0 Å². The van der Waals surface area contributed by atoms with E-state index in [0.717, 1.165) is 21.9 Å². The van der Waals surface area contributed by atoms with Crippen LogP contribution in [0.2, 0.25) is 0 Å². The fourth-order valence-electron chi connectivity index (χ4n) is 2.52. The number of carbonyl (C=O) groups excluding carboxylic acids is 1. The van der Waals surface area contributed by atoms with Crippen molar-refractivity contribution in [1.29, 1.82) is 0 Å². The van der Waals surface area contributed by atoms with Crippen LogP contribution in [0.3, 0.4) is 0 Å². The van der Waals surface area contributed by atoms with Gasteiger partial charge in [-0.1, -0.05) is 5.16 Å². The Morgan fingerprint density at radius 2 is 2.00 bits per heavy atom. The summed E-state index contributed by atoms with van der Waals surface area (Å²) in [6.45, 7) is -0.0956. The molecule has 3 aromatic heterocycles. The van der Waals surface area contributed by atoms with Crippen LogP contribution in [0.5, 0.6) is 5.75 Å². The van der Waals surface area contributed by atoms with Crippen molar-refractivity contribution in [3.8, 4) is 27.7 Å². The molecule has 8 nitrogen and oxygen atoms in total. The second-order valence-corrected chi connectivity index (χ2v) is 6.82. The highest BCUT2D eigenvalue weighted by molar-refractivity contribution is 7.13. The molecule has 29 heavy (non-hydrogen) atoms. The molecule has 9 heteroatoms. The van der Waals surface area contributed by atoms with E-state index in [1.807, 2.05) is 29.6 Å². The predicted molar refractivity (Wildman–Crippen MR) is 105 cm³/mol. The van der Waals surface area contributed by atoms with Crippen LogP contribution in [-0.2, 0) is 22.6 Å². The molecule has 3 heterocycles. The zero-order valence-electron chi connectivity index (χ0n) is 15.4. The van der Waals surface area contributed by atoms with Gasteiger partial charge in [0.15, 0.2) is 6.61 Å². The maximum atomic E-state index is 12.1. The van der Waals surface area contributed by atoms with E-state index in [9.17, 15) is 4.79 Å². The van der Waals surface area contributed by atoms with Crippen molar-refractivity contribution in [2.45, 2.75) is 13.0 Å². The minimum Gasteiger partial charge on any atom is -0.497 e. The second-order valence-electron chi connectivity index (χ2n) is 5.96. The molecule has 0 atom stereocenters. The largest absolute Gasteiger partial charge is 0.497 e. The number of pyridine rings is 1. The van der Waals surface area contributed by atoms with Gasteiger partial charge in [-0.3, -0.25) is 9.78 Å². The Morgan fingerprint density at radius 3 is 2.76 bits per heavy atom. The average Bonchev–Trinajstić information content (AvgIpc) is 3.43. The molecule has 4 rings (SSSR count). The number of methoxy groups -OCH3 is 1. The third kappa shape index (κ3) is 4.64. The third-order valence-corrected chi connectivity index (χ3v) is 4.90. The SMILES string of the molecule is COc1ccc(-c2noc(COC(=O)Cc3csc(-c4cccnc4)n3)n2)cc1. The number of ether oxygens (including phenoxy) is 2. The molecule has 1 aromatic carbocycles. The molecule has 0 radical (unpaired) electrons. The van der Waals surface area contributed by atoms with Crippen LogP contribution in [0.25, 0.3) is 22.0 Å². The third-order valence-electron chi connectivity index (χ3n) is 3.96. The van der Waals surface area contributed by atoms with E-state index < -0.39 is 5.97 Å². The Bertz CT molecular complexity index is 1090. The molecule has 0 saturated heterocycles. The summed E-state index contributed by atoms with van der Waals surface area (Å²) in [7, 11) is 1.60. The van der Waals surface area contributed by atoms with Crippen LogP contribution in [-0.4, -0.2) is 33.2 Å². The van der Waals surface area contributed by atoms with E-state index in [2.05, 4.69) is 20.1 Å². The first-order valence-electron chi connectivity index (χ1n) is 8.68. The summed E-state index contributed by atoms with van der Waals surface area (Å²) in [5.74, 6) is 0.954. The number of benzene rings is 1. The van der Waals surface area contributed by atoms with Gasteiger partial charge in [0.1, 0.15) is 10.8 Å². The Labute approximate surface area is 170 Å². The van der Waals surface area contributed by atoms with Crippen LogP contribution >= 0.6 is 11.3 Å². The molecule has 0 saturated carbocycles. The Kier molecular flexibility index (Phi) is 5.57. The van der Waals surface area contributed by atoms with Gasteiger partial charge >= 0.3 is 5.97 Å². The van der Waals surface area contributed by atoms with Crippen molar-refractivity contribution >= 4 is 17.3 Å². The molecule has 146 valence electrons. The van der Waals surface area contributed by atoms with Crippen LogP contribution in [0.1, 0.15) is 11.6 Å². The van der Waals surface area contributed by atoms with Crippen molar-refractivity contribution in [1.82, 2.24) is 20.1 Å². The lowest BCUT2D eigenvalue weighted by molar-refractivity contribution is -0.144. The molecule has 0 aliphatic heterocycles. The molecular weight excluding hydrogens is 392 g/mol. The summed E-state index contributed by atoms with van der Waals surface area (Å²) < 4.78 is 15.5. The van der Waals surface area contributed by atoms with Gasteiger partial charge in [-0.15, -0.1) is 11.3 Å². The Balaban J connectivity index is 1.32. The van der Waals surface area contributed by atoms with Gasteiger partial charge in [-0.2, -0.15) is 4.98 Å². The normalized spacial score (nSPS) is 10.7. The lowest BCUT2D eigenvalue weighted by Crippen LogP contribution is -2.08. The summed E-state index contributed by atoms with van der Waals surface area (Å²) in [6.07, 6.45) is 3.50. The standard InChI is InChI=1S/C20H16N4O4S/c1-26-16-6-4-13(5-7-16)19-23-17(28-24-19)11-27-18(25)9-15-12-29-20(22-15)14-3-2-8-21-10-14/h2-8,10,12H,9,11H2,1H3. The summed E-state index contributed by atoms with van der Waals surface area (Å²) in [4.78, 5) is 24.9. The van der Waals surface area contributed by atoms with E-state index in [-0.39, 0.29) is 18.9 Å². The Hall–Kier alpha value is -3.59. The number of aromatic nitrogens is 4. The van der Waals surface area contributed by atoms with Crippen molar-refractivity contribution in [3.05, 3.63) is 65.8 Å². The van der Waals surface area contributed by atoms with Crippen molar-refractivity contribution in [2.24, 2.45) is 0 Å². The second kappa shape index (κ2) is 8.61. The lowest BCUT2D eigenvalue weighted by Gasteiger charge is -2.00. The summed E-state index contributed by atoms with van der Waals surface area (Å²) in [6, 6.07) is 11.0. The van der Waals surface area contributed by atoms with Crippen LogP contribution < -0.4 is 4.74 Å². The van der Waals surface area contributed by atoms with Crippen LogP contribution in [0.4, 0.5) is 0 Å². The van der Waals surface area contributed by atoms with E-state index in [1.54, 1.807) is 31.6 Å². The molecule has 0 N–H and O–H groups in total. The molecule has 0 fully saturated rings. The van der Waals surface area contributed by atoms with Gasteiger partial charge < -0.3 is 14.0 Å². The molecular formula is C20H16N4O4S. The molecule has 0 spiro atoms. The zero-order chi connectivity index (χ0) is 20.1. The first-order valence-corrected chi connectivity index (χ1v) is 9.56.